The van der Waals surface area contributed by atoms with Crippen molar-refractivity contribution in [3.05, 3.63) is 39.6 Å². The van der Waals surface area contributed by atoms with Crippen molar-refractivity contribution >= 4 is 33.8 Å². The minimum absolute atomic E-state index is 0.00827. The van der Waals surface area contributed by atoms with Crippen LogP contribution >= 0.6 is 15.9 Å². The standard InChI is InChI=1S/C11H7BrFNO2/c12-8-2-1-6(9(13)5-8)3-7-4-10(15)14-11(7)16/h1-3,5H,4H2,(H,14,15,16). The number of hydrogen-bond donors (Lipinski definition) is 1. The van der Waals surface area contributed by atoms with Crippen LogP contribution in [0.3, 0.4) is 0 Å². The van der Waals surface area contributed by atoms with Gasteiger partial charge in [0.1, 0.15) is 5.82 Å². The number of carbonyl (C=O) groups excluding carboxylic acids is 2. The Bertz CT molecular complexity index is 511. The average molecular weight is 284 g/mol. The van der Waals surface area contributed by atoms with E-state index in [9.17, 15) is 14.0 Å². The molecule has 1 aromatic carbocycles. The monoisotopic (exact) mass is 283 g/mol. The van der Waals surface area contributed by atoms with E-state index in [0.717, 1.165) is 0 Å². The van der Waals surface area contributed by atoms with Gasteiger partial charge in [0.05, 0.1) is 6.42 Å². The van der Waals surface area contributed by atoms with Crippen LogP contribution in [0.2, 0.25) is 0 Å². The maximum absolute atomic E-state index is 13.4. The molecule has 0 atom stereocenters. The fraction of sp³-hybridized carbons (Fsp3) is 0.0909. The van der Waals surface area contributed by atoms with Crippen molar-refractivity contribution in [2.75, 3.05) is 0 Å². The van der Waals surface area contributed by atoms with Crippen molar-refractivity contribution in [3.63, 3.8) is 0 Å². The maximum Gasteiger partial charge on any atom is 0.254 e. The van der Waals surface area contributed by atoms with Crippen molar-refractivity contribution in [2.24, 2.45) is 0 Å². The van der Waals surface area contributed by atoms with Crippen molar-refractivity contribution in [1.82, 2.24) is 5.32 Å². The molecule has 2 amide bonds. The summed E-state index contributed by atoms with van der Waals surface area (Å²) < 4.78 is 14.1. The molecular formula is C11H7BrFNO2. The Morgan fingerprint density at radius 1 is 1.38 bits per heavy atom. The van der Waals surface area contributed by atoms with E-state index in [2.05, 4.69) is 21.2 Å². The Hall–Kier alpha value is -1.49. The lowest BCUT2D eigenvalue weighted by atomic mass is 10.1. The summed E-state index contributed by atoms with van der Waals surface area (Å²) in [7, 11) is 0. The molecule has 2 rings (SSSR count). The highest BCUT2D eigenvalue weighted by molar-refractivity contribution is 9.10. The van der Waals surface area contributed by atoms with Gasteiger partial charge in [0.15, 0.2) is 0 Å². The number of hydrogen-bond acceptors (Lipinski definition) is 2. The minimum atomic E-state index is -0.452. The third-order valence-corrected chi connectivity index (χ3v) is 2.68. The molecule has 3 nitrogen and oxygen atoms in total. The molecule has 0 aliphatic carbocycles. The summed E-state index contributed by atoms with van der Waals surface area (Å²) in [5.41, 5.74) is 0.578. The lowest BCUT2D eigenvalue weighted by Crippen LogP contribution is -2.19. The van der Waals surface area contributed by atoms with Crippen LogP contribution in [0.4, 0.5) is 4.39 Å². The number of amides is 2. The zero-order valence-electron chi connectivity index (χ0n) is 8.09. The molecule has 1 aromatic rings. The van der Waals surface area contributed by atoms with Gasteiger partial charge in [-0.3, -0.25) is 14.9 Å². The molecular weight excluding hydrogens is 277 g/mol. The third kappa shape index (κ3) is 2.19. The van der Waals surface area contributed by atoms with Gasteiger partial charge in [-0.25, -0.2) is 4.39 Å². The number of nitrogens with one attached hydrogen (secondary N) is 1. The highest BCUT2D eigenvalue weighted by atomic mass is 79.9. The van der Waals surface area contributed by atoms with Crippen molar-refractivity contribution in [1.29, 1.82) is 0 Å². The predicted octanol–water partition coefficient (Wildman–Crippen LogP) is 2.02. The Morgan fingerprint density at radius 3 is 2.69 bits per heavy atom. The summed E-state index contributed by atoms with van der Waals surface area (Å²) in [6, 6.07) is 4.52. The highest BCUT2D eigenvalue weighted by Crippen LogP contribution is 2.20. The summed E-state index contributed by atoms with van der Waals surface area (Å²) in [5, 5.41) is 2.14. The van der Waals surface area contributed by atoms with E-state index in [-0.39, 0.29) is 17.9 Å². The molecule has 82 valence electrons. The molecule has 0 radical (unpaired) electrons. The van der Waals surface area contributed by atoms with E-state index in [1.807, 2.05) is 0 Å². The predicted molar refractivity (Wildman–Crippen MR) is 59.8 cm³/mol. The molecule has 1 fully saturated rings. The summed E-state index contributed by atoms with van der Waals surface area (Å²) in [6.07, 6.45) is 1.40. The molecule has 16 heavy (non-hydrogen) atoms. The first-order valence-electron chi connectivity index (χ1n) is 4.56. The normalized spacial score (nSPS) is 18.0. The van der Waals surface area contributed by atoms with Crippen molar-refractivity contribution in [3.8, 4) is 0 Å². The summed E-state index contributed by atoms with van der Waals surface area (Å²) in [5.74, 6) is -1.24. The zero-order valence-corrected chi connectivity index (χ0v) is 9.67. The van der Waals surface area contributed by atoms with Gasteiger partial charge in [-0.2, -0.15) is 0 Å². The molecule has 0 bridgehead atoms. The first-order chi connectivity index (χ1) is 7.56. The first-order valence-corrected chi connectivity index (χ1v) is 5.35. The Balaban J connectivity index is 2.36. The van der Waals surface area contributed by atoms with Crippen LogP contribution in [-0.4, -0.2) is 11.8 Å². The second kappa shape index (κ2) is 4.17. The number of rotatable bonds is 1. The highest BCUT2D eigenvalue weighted by Gasteiger charge is 2.23. The van der Waals surface area contributed by atoms with Gasteiger partial charge in [-0.1, -0.05) is 22.0 Å². The molecule has 0 spiro atoms. The van der Waals surface area contributed by atoms with E-state index in [4.69, 9.17) is 0 Å². The fourth-order valence-electron chi connectivity index (χ4n) is 1.43. The summed E-state index contributed by atoms with van der Waals surface area (Å²) >= 11 is 3.14. The molecule has 1 saturated heterocycles. The van der Waals surface area contributed by atoms with Gasteiger partial charge in [-0.05, 0) is 18.2 Å². The van der Waals surface area contributed by atoms with Crippen LogP contribution in [0.15, 0.2) is 28.2 Å². The van der Waals surface area contributed by atoms with Crippen molar-refractivity contribution in [2.45, 2.75) is 6.42 Å². The molecule has 0 aromatic heterocycles. The van der Waals surface area contributed by atoms with Gasteiger partial charge in [-0.15, -0.1) is 0 Å². The van der Waals surface area contributed by atoms with E-state index in [0.29, 0.717) is 10.0 Å². The molecule has 1 aliphatic rings. The number of imide groups is 1. The van der Waals surface area contributed by atoms with Gasteiger partial charge in [0.2, 0.25) is 5.91 Å². The van der Waals surface area contributed by atoms with Gasteiger partial charge in [0, 0.05) is 15.6 Å². The van der Waals surface area contributed by atoms with Gasteiger partial charge >= 0.3 is 0 Å². The minimum Gasteiger partial charge on any atom is -0.292 e. The molecule has 1 aliphatic heterocycles. The Labute approximate surface area is 99.5 Å². The van der Waals surface area contributed by atoms with Gasteiger partial charge in [0.25, 0.3) is 5.91 Å². The number of carbonyl (C=O) groups is 2. The second-order valence-electron chi connectivity index (χ2n) is 3.39. The Kier molecular flexibility index (Phi) is 2.87. The van der Waals surface area contributed by atoms with Crippen LogP contribution in [0.5, 0.6) is 0 Å². The van der Waals surface area contributed by atoms with Crippen LogP contribution < -0.4 is 5.32 Å². The first kappa shape index (κ1) is 11.0. The van der Waals surface area contributed by atoms with Gasteiger partial charge < -0.3 is 0 Å². The zero-order chi connectivity index (χ0) is 11.7. The summed E-state index contributed by atoms with van der Waals surface area (Å²) in [4.78, 5) is 22.2. The molecule has 5 heteroatoms. The second-order valence-corrected chi connectivity index (χ2v) is 4.31. The quantitative estimate of drug-likeness (QED) is 0.633. The van der Waals surface area contributed by atoms with Crippen LogP contribution in [-0.2, 0) is 9.59 Å². The van der Waals surface area contributed by atoms with Crippen LogP contribution in [0.25, 0.3) is 6.08 Å². The molecule has 0 unspecified atom stereocenters. The lowest BCUT2D eigenvalue weighted by Gasteiger charge is -1.98. The Morgan fingerprint density at radius 2 is 2.12 bits per heavy atom. The summed E-state index contributed by atoms with van der Waals surface area (Å²) in [6.45, 7) is 0. The number of halogens is 2. The maximum atomic E-state index is 13.4. The van der Waals surface area contributed by atoms with E-state index >= 15 is 0 Å². The fourth-order valence-corrected chi connectivity index (χ4v) is 1.76. The largest absolute Gasteiger partial charge is 0.292 e. The average Bonchev–Trinajstić information content (AvgIpc) is 2.50. The van der Waals surface area contributed by atoms with E-state index in [1.165, 1.54) is 12.1 Å². The molecule has 1 heterocycles. The molecule has 1 N–H and O–H groups in total. The topological polar surface area (TPSA) is 46.2 Å². The van der Waals surface area contributed by atoms with E-state index < -0.39 is 11.7 Å². The SMILES string of the molecule is O=C1CC(=Cc2ccc(Br)cc2F)C(=O)N1. The smallest absolute Gasteiger partial charge is 0.254 e. The molecule has 0 saturated carbocycles. The lowest BCUT2D eigenvalue weighted by molar-refractivity contribution is -0.124. The van der Waals surface area contributed by atoms with Crippen LogP contribution in [0.1, 0.15) is 12.0 Å². The van der Waals surface area contributed by atoms with E-state index in [1.54, 1.807) is 12.1 Å². The third-order valence-electron chi connectivity index (χ3n) is 2.19. The van der Waals surface area contributed by atoms with Crippen molar-refractivity contribution < 1.29 is 14.0 Å². The number of benzene rings is 1. The van der Waals surface area contributed by atoms with Crippen LogP contribution in [0, 0.1) is 5.82 Å².